The van der Waals surface area contributed by atoms with Gasteiger partial charge >= 0.3 is 0 Å². The van der Waals surface area contributed by atoms with E-state index in [2.05, 4.69) is 45.0 Å². The molecule has 0 bridgehead atoms. The standard InChI is InChI=1S/C24H28O3Si/c1-23(2,3)28(20-11-7-5-8-12-20,21-13-9-6-10-14-21)27-18-19-17-24(4,26)16-15-22(19)25/h5-17,26H,18H2,1-4H3/t24-/m1/s1. The number of allylic oxidation sites excluding steroid dienone is 1. The summed E-state index contributed by atoms with van der Waals surface area (Å²) in [6.07, 6.45) is 4.55. The predicted octanol–water partition coefficient (Wildman–Crippen LogP) is 3.38. The van der Waals surface area contributed by atoms with Crippen LogP contribution in [0.5, 0.6) is 0 Å². The molecule has 0 saturated carbocycles. The molecule has 1 N–H and O–H groups in total. The van der Waals surface area contributed by atoms with E-state index in [9.17, 15) is 9.90 Å². The van der Waals surface area contributed by atoms with Crippen LogP contribution in [0.4, 0.5) is 0 Å². The zero-order valence-corrected chi connectivity index (χ0v) is 18.0. The van der Waals surface area contributed by atoms with Crippen LogP contribution in [0.15, 0.2) is 84.5 Å². The van der Waals surface area contributed by atoms with Gasteiger partial charge in [0.1, 0.15) is 0 Å². The van der Waals surface area contributed by atoms with Gasteiger partial charge in [-0.25, -0.2) is 0 Å². The molecule has 1 atom stereocenters. The molecule has 4 heteroatoms. The van der Waals surface area contributed by atoms with Crippen molar-refractivity contribution in [2.24, 2.45) is 0 Å². The van der Waals surface area contributed by atoms with E-state index < -0.39 is 13.9 Å². The molecule has 0 unspecified atom stereocenters. The average Bonchev–Trinajstić information content (AvgIpc) is 2.65. The lowest BCUT2D eigenvalue weighted by atomic mass is 9.94. The summed E-state index contributed by atoms with van der Waals surface area (Å²) in [7, 11) is -2.71. The van der Waals surface area contributed by atoms with Gasteiger partial charge in [0.15, 0.2) is 5.78 Å². The monoisotopic (exact) mass is 392 g/mol. The first-order valence-electron chi connectivity index (χ1n) is 9.58. The highest BCUT2D eigenvalue weighted by Gasteiger charge is 2.50. The van der Waals surface area contributed by atoms with Crippen LogP contribution in [-0.2, 0) is 9.22 Å². The molecule has 0 aromatic heterocycles. The van der Waals surface area contributed by atoms with E-state index in [0.29, 0.717) is 5.57 Å². The zero-order valence-electron chi connectivity index (χ0n) is 17.0. The molecule has 146 valence electrons. The highest BCUT2D eigenvalue weighted by atomic mass is 28.4. The molecule has 3 nitrogen and oxygen atoms in total. The molecule has 2 aromatic carbocycles. The molecule has 0 heterocycles. The van der Waals surface area contributed by atoms with Gasteiger partial charge in [-0.15, -0.1) is 0 Å². The van der Waals surface area contributed by atoms with Gasteiger partial charge in [-0.1, -0.05) is 81.4 Å². The summed E-state index contributed by atoms with van der Waals surface area (Å²) in [5, 5.41) is 12.5. The molecular weight excluding hydrogens is 364 g/mol. The molecule has 0 radical (unpaired) electrons. The molecule has 0 spiro atoms. The molecule has 28 heavy (non-hydrogen) atoms. The van der Waals surface area contributed by atoms with Crippen LogP contribution < -0.4 is 10.4 Å². The lowest BCUT2D eigenvalue weighted by Gasteiger charge is -2.43. The van der Waals surface area contributed by atoms with Crippen molar-refractivity contribution in [2.75, 3.05) is 6.61 Å². The second-order valence-corrected chi connectivity index (χ2v) is 12.9. The summed E-state index contributed by atoms with van der Waals surface area (Å²) in [6, 6.07) is 20.6. The maximum Gasteiger partial charge on any atom is 0.261 e. The van der Waals surface area contributed by atoms with Gasteiger partial charge in [-0.2, -0.15) is 0 Å². The first kappa shape index (κ1) is 20.5. The van der Waals surface area contributed by atoms with E-state index in [1.807, 2.05) is 36.4 Å². The minimum Gasteiger partial charge on any atom is -0.403 e. The van der Waals surface area contributed by atoms with Crippen LogP contribution in [0, 0.1) is 0 Å². The number of benzene rings is 2. The van der Waals surface area contributed by atoms with Crippen molar-refractivity contribution in [3.05, 3.63) is 84.5 Å². The highest BCUT2D eigenvalue weighted by molar-refractivity contribution is 6.99. The number of carbonyl (C=O) groups is 1. The van der Waals surface area contributed by atoms with Crippen molar-refractivity contribution in [1.82, 2.24) is 0 Å². The van der Waals surface area contributed by atoms with Gasteiger partial charge in [0.05, 0.1) is 12.2 Å². The summed E-state index contributed by atoms with van der Waals surface area (Å²) in [5.74, 6) is -0.107. The lowest BCUT2D eigenvalue weighted by molar-refractivity contribution is -0.112. The van der Waals surface area contributed by atoms with E-state index >= 15 is 0 Å². The first-order chi connectivity index (χ1) is 13.2. The van der Waals surface area contributed by atoms with E-state index in [4.69, 9.17) is 4.43 Å². The SMILES string of the molecule is CC(C)(C)[Si](OCC1=C[C@](C)(O)C=CC1=O)(c1ccccc1)c1ccccc1. The van der Waals surface area contributed by atoms with Gasteiger partial charge < -0.3 is 9.53 Å². The Morgan fingerprint density at radius 2 is 1.46 bits per heavy atom. The van der Waals surface area contributed by atoms with Crippen molar-refractivity contribution in [3.8, 4) is 0 Å². The van der Waals surface area contributed by atoms with Crippen LogP contribution in [0.1, 0.15) is 27.7 Å². The van der Waals surface area contributed by atoms with Crippen LogP contribution >= 0.6 is 0 Å². The van der Waals surface area contributed by atoms with E-state index in [0.717, 1.165) is 0 Å². The summed E-state index contributed by atoms with van der Waals surface area (Å²) >= 11 is 0. The van der Waals surface area contributed by atoms with Crippen molar-refractivity contribution < 1.29 is 14.3 Å². The molecule has 0 fully saturated rings. The van der Waals surface area contributed by atoms with Gasteiger partial charge in [-0.05, 0) is 40.6 Å². The molecule has 1 aliphatic rings. The predicted molar refractivity (Wildman–Crippen MR) is 116 cm³/mol. The summed E-state index contributed by atoms with van der Waals surface area (Å²) < 4.78 is 6.77. The fraction of sp³-hybridized carbons (Fsp3) is 0.292. The Morgan fingerprint density at radius 3 is 1.93 bits per heavy atom. The van der Waals surface area contributed by atoms with Crippen molar-refractivity contribution in [2.45, 2.75) is 38.3 Å². The van der Waals surface area contributed by atoms with Crippen LogP contribution in [0.25, 0.3) is 0 Å². The maximum atomic E-state index is 12.4. The van der Waals surface area contributed by atoms with Gasteiger partial charge in [0.25, 0.3) is 8.32 Å². The minimum absolute atomic E-state index is 0.107. The minimum atomic E-state index is -2.71. The Morgan fingerprint density at radius 1 is 0.964 bits per heavy atom. The molecule has 2 aromatic rings. The second-order valence-electron chi connectivity index (χ2n) is 8.54. The Bertz CT molecular complexity index is 851. The number of hydrogen-bond acceptors (Lipinski definition) is 3. The highest BCUT2D eigenvalue weighted by Crippen LogP contribution is 2.37. The molecule has 0 saturated heterocycles. The number of carbonyl (C=O) groups excluding carboxylic acids is 1. The van der Waals surface area contributed by atoms with Gasteiger partial charge in [-0.3, -0.25) is 4.79 Å². The van der Waals surface area contributed by atoms with Gasteiger partial charge in [0, 0.05) is 5.57 Å². The zero-order chi connectivity index (χ0) is 20.4. The van der Waals surface area contributed by atoms with Crippen molar-refractivity contribution >= 4 is 24.5 Å². The van der Waals surface area contributed by atoms with E-state index in [-0.39, 0.29) is 17.4 Å². The molecular formula is C24H28O3Si. The van der Waals surface area contributed by atoms with E-state index in [1.165, 1.54) is 22.5 Å². The Kier molecular flexibility index (Phi) is 5.57. The number of ketones is 1. The van der Waals surface area contributed by atoms with Gasteiger partial charge in [0.2, 0.25) is 0 Å². The fourth-order valence-corrected chi connectivity index (χ4v) is 8.41. The van der Waals surface area contributed by atoms with Crippen LogP contribution in [0.2, 0.25) is 5.04 Å². The average molecular weight is 393 g/mol. The first-order valence-corrected chi connectivity index (χ1v) is 11.5. The number of hydrogen-bond donors (Lipinski definition) is 1. The molecule has 1 aliphatic carbocycles. The summed E-state index contributed by atoms with van der Waals surface area (Å²) in [6.45, 7) is 8.44. The smallest absolute Gasteiger partial charge is 0.261 e. The third kappa shape index (κ3) is 3.95. The summed E-state index contributed by atoms with van der Waals surface area (Å²) in [4.78, 5) is 12.4. The van der Waals surface area contributed by atoms with Crippen molar-refractivity contribution in [3.63, 3.8) is 0 Å². The maximum absolute atomic E-state index is 12.4. The van der Waals surface area contributed by atoms with E-state index in [1.54, 1.807) is 13.0 Å². The molecule has 0 aliphatic heterocycles. The molecule has 3 rings (SSSR count). The molecule has 0 amide bonds. The van der Waals surface area contributed by atoms with Crippen LogP contribution in [-0.4, -0.2) is 31.4 Å². The summed E-state index contributed by atoms with van der Waals surface area (Å²) in [5.41, 5.74) is -0.626. The quantitative estimate of drug-likeness (QED) is 0.794. The fourth-order valence-electron chi connectivity index (χ4n) is 3.88. The Hall–Kier alpha value is -2.27. The second kappa shape index (κ2) is 7.63. The topological polar surface area (TPSA) is 46.5 Å². The van der Waals surface area contributed by atoms with Crippen LogP contribution in [0.3, 0.4) is 0 Å². The third-order valence-electron chi connectivity index (χ3n) is 5.22. The Balaban J connectivity index is 2.09. The van der Waals surface area contributed by atoms with Crippen molar-refractivity contribution in [1.29, 1.82) is 0 Å². The number of aliphatic hydroxyl groups is 1. The normalized spacial score (nSPS) is 20.2. The lowest BCUT2D eigenvalue weighted by Crippen LogP contribution is -2.66. The number of rotatable bonds is 5. The largest absolute Gasteiger partial charge is 0.403 e. The third-order valence-corrected chi connectivity index (χ3v) is 10.2. The Labute approximate surface area is 168 Å².